The maximum Gasteiger partial charge on any atom is 0.266 e. The first kappa shape index (κ1) is 15.8. The number of anilines is 1. The van der Waals surface area contributed by atoms with Gasteiger partial charge in [0.05, 0.1) is 0 Å². The summed E-state index contributed by atoms with van der Waals surface area (Å²) in [6.45, 7) is 3.93. The first-order chi connectivity index (χ1) is 11.6. The summed E-state index contributed by atoms with van der Waals surface area (Å²) in [4.78, 5) is 12.4. The minimum absolute atomic E-state index is 0.0742. The van der Waals surface area contributed by atoms with Crippen LogP contribution < -0.4 is 10.1 Å². The van der Waals surface area contributed by atoms with E-state index in [1.165, 1.54) is 0 Å². The van der Waals surface area contributed by atoms with Crippen LogP contribution in [-0.2, 0) is 11.2 Å². The molecule has 4 heteroatoms. The molecule has 0 saturated carbocycles. The van der Waals surface area contributed by atoms with E-state index in [-0.39, 0.29) is 11.7 Å². The van der Waals surface area contributed by atoms with Gasteiger partial charge in [-0.15, -0.1) is 0 Å². The molecule has 1 aliphatic heterocycles. The van der Waals surface area contributed by atoms with Crippen molar-refractivity contribution in [1.29, 1.82) is 5.26 Å². The van der Waals surface area contributed by atoms with Gasteiger partial charge in [0.15, 0.2) is 0 Å². The third-order valence-corrected chi connectivity index (χ3v) is 3.99. The Kier molecular flexibility index (Phi) is 4.35. The van der Waals surface area contributed by atoms with Crippen LogP contribution in [-0.4, -0.2) is 12.0 Å². The maximum absolute atomic E-state index is 12.4. The van der Waals surface area contributed by atoms with E-state index in [9.17, 15) is 10.1 Å². The molecule has 0 aromatic heterocycles. The van der Waals surface area contributed by atoms with E-state index in [0.717, 1.165) is 28.9 Å². The van der Waals surface area contributed by atoms with Gasteiger partial charge in [-0.3, -0.25) is 4.79 Å². The fraction of sp³-hybridized carbons (Fsp3) is 0.200. The van der Waals surface area contributed by atoms with Crippen molar-refractivity contribution in [3.63, 3.8) is 0 Å². The molecule has 0 fully saturated rings. The Hall–Kier alpha value is -3.06. The molecule has 0 bridgehead atoms. The summed E-state index contributed by atoms with van der Waals surface area (Å²) in [7, 11) is 0. The van der Waals surface area contributed by atoms with Crippen molar-refractivity contribution < 1.29 is 9.53 Å². The number of nitrogens with zero attached hydrogens (tertiary/aromatic N) is 1. The second-order valence-electron chi connectivity index (χ2n) is 5.94. The van der Waals surface area contributed by atoms with Gasteiger partial charge in [0, 0.05) is 12.1 Å². The number of ether oxygens (including phenoxy) is 1. The smallest absolute Gasteiger partial charge is 0.266 e. The Morgan fingerprint density at radius 2 is 2.12 bits per heavy atom. The SMILES string of the molecule is Cc1ccccc1NC(=O)/C(C#N)=C\c1ccc2c(c1)CC(C)O2. The minimum atomic E-state index is -0.406. The van der Waals surface area contributed by atoms with Gasteiger partial charge < -0.3 is 10.1 Å². The van der Waals surface area contributed by atoms with Crippen molar-refractivity contribution in [3.05, 3.63) is 64.7 Å². The highest BCUT2D eigenvalue weighted by atomic mass is 16.5. The molecule has 1 atom stereocenters. The zero-order chi connectivity index (χ0) is 17.1. The highest BCUT2D eigenvalue weighted by molar-refractivity contribution is 6.09. The first-order valence-electron chi connectivity index (χ1n) is 7.85. The number of carbonyl (C=O) groups is 1. The lowest BCUT2D eigenvalue weighted by atomic mass is 10.0. The van der Waals surface area contributed by atoms with Crippen molar-refractivity contribution >= 4 is 17.7 Å². The first-order valence-corrected chi connectivity index (χ1v) is 7.85. The Bertz CT molecular complexity index is 862. The number of nitrogens with one attached hydrogen (secondary N) is 1. The van der Waals surface area contributed by atoms with Crippen LogP contribution in [0.2, 0.25) is 0 Å². The van der Waals surface area contributed by atoms with Crippen LogP contribution in [0.15, 0.2) is 48.0 Å². The zero-order valence-electron chi connectivity index (χ0n) is 13.7. The zero-order valence-corrected chi connectivity index (χ0v) is 13.7. The average Bonchev–Trinajstić information content (AvgIpc) is 2.94. The number of para-hydroxylation sites is 1. The van der Waals surface area contributed by atoms with Gasteiger partial charge in [-0.1, -0.05) is 24.3 Å². The van der Waals surface area contributed by atoms with Gasteiger partial charge in [-0.05, 0) is 54.8 Å². The standard InChI is InChI=1S/C20H18N2O2/c1-13-5-3-4-6-18(13)22-20(23)17(12-21)11-15-7-8-19-16(10-15)9-14(2)24-19/h3-8,10-11,14H,9H2,1-2H3,(H,22,23)/b17-11-. The minimum Gasteiger partial charge on any atom is -0.490 e. The van der Waals surface area contributed by atoms with Gasteiger partial charge in [0.2, 0.25) is 0 Å². The number of rotatable bonds is 3. The van der Waals surface area contributed by atoms with Crippen LogP contribution in [0, 0.1) is 18.3 Å². The molecule has 0 aliphatic carbocycles. The second-order valence-corrected chi connectivity index (χ2v) is 5.94. The third-order valence-electron chi connectivity index (χ3n) is 3.99. The van der Waals surface area contributed by atoms with Gasteiger partial charge in [0.1, 0.15) is 23.5 Å². The lowest BCUT2D eigenvalue weighted by molar-refractivity contribution is -0.112. The number of fused-ring (bicyclic) bond motifs is 1. The van der Waals surface area contributed by atoms with Crippen LogP contribution in [0.5, 0.6) is 5.75 Å². The van der Waals surface area contributed by atoms with Crippen molar-refractivity contribution in [2.75, 3.05) is 5.32 Å². The number of nitriles is 1. The molecule has 1 unspecified atom stereocenters. The lowest BCUT2D eigenvalue weighted by Gasteiger charge is -2.07. The molecule has 2 aromatic carbocycles. The van der Waals surface area contributed by atoms with E-state index >= 15 is 0 Å². The van der Waals surface area contributed by atoms with Gasteiger partial charge in [-0.25, -0.2) is 0 Å². The molecule has 2 aromatic rings. The molecule has 3 rings (SSSR count). The van der Waals surface area contributed by atoms with Crippen molar-refractivity contribution in [2.45, 2.75) is 26.4 Å². The molecule has 1 heterocycles. The highest BCUT2D eigenvalue weighted by Crippen LogP contribution is 2.30. The summed E-state index contributed by atoms with van der Waals surface area (Å²) in [5, 5.41) is 12.1. The van der Waals surface area contributed by atoms with E-state index in [2.05, 4.69) is 5.32 Å². The van der Waals surface area contributed by atoms with Crippen LogP contribution in [0.25, 0.3) is 6.08 Å². The summed E-state index contributed by atoms with van der Waals surface area (Å²) >= 11 is 0. The normalized spacial score (nSPS) is 16.0. The largest absolute Gasteiger partial charge is 0.490 e. The number of hydrogen-bond donors (Lipinski definition) is 1. The Morgan fingerprint density at radius 1 is 1.33 bits per heavy atom. The summed E-state index contributed by atoms with van der Waals surface area (Å²) in [5.41, 5.74) is 3.66. The summed E-state index contributed by atoms with van der Waals surface area (Å²) in [6, 6.07) is 15.2. The number of benzene rings is 2. The van der Waals surface area contributed by atoms with Gasteiger partial charge in [0.25, 0.3) is 5.91 Å². The fourth-order valence-corrected chi connectivity index (χ4v) is 2.75. The molecule has 1 amide bonds. The predicted molar refractivity (Wildman–Crippen MR) is 93.6 cm³/mol. The van der Waals surface area contributed by atoms with E-state index in [4.69, 9.17) is 4.74 Å². The molecule has 1 N–H and O–H groups in total. The third kappa shape index (κ3) is 3.31. The number of hydrogen-bond acceptors (Lipinski definition) is 3. The van der Waals surface area contributed by atoms with E-state index in [1.807, 2.05) is 62.4 Å². The number of carbonyl (C=O) groups excluding carboxylic acids is 1. The molecule has 24 heavy (non-hydrogen) atoms. The molecule has 1 aliphatic rings. The molecule has 0 spiro atoms. The van der Waals surface area contributed by atoms with Crippen LogP contribution in [0.1, 0.15) is 23.6 Å². The lowest BCUT2D eigenvalue weighted by Crippen LogP contribution is -2.14. The Labute approximate surface area is 141 Å². The monoisotopic (exact) mass is 318 g/mol. The number of aryl methyl sites for hydroxylation is 1. The highest BCUT2D eigenvalue weighted by Gasteiger charge is 2.19. The summed E-state index contributed by atoms with van der Waals surface area (Å²) in [5.74, 6) is 0.472. The quantitative estimate of drug-likeness (QED) is 0.690. The van der Waals surface area contributed by atoms with E-state index in [0.29, 0.717) is 5.69 Å². The van der Waals surface area contributed by atoms with Crippen LogP contribution in [0.3, 0.4) is 0 Å². The van der Waals surface area contributed by atoms with E-state index in [1.54, 1.807) is 6.08 Å². The molecule has 120 valence electrons. The molecule has 0 saturated heterocycles. The Morgan fingerprint density at radius 3 is 2.88 bits per heavy atom. The molecular weight excluding hydrogens is 300 g/mol. The molecule has 0 radical (unpaired) electrons. The molecular formula is C20H18N2O2. The summed E-state index contributed by atoms with van der Waals surface area (Å²) < 4.78 is 5.67. The van der Waals surface area contributed by atoms with Crippen LogP contribution in [0.4, 0.5) is 5.69 Å². The topological polar surface area (TPSA) is 62.1 Å². The predicted octanol–water partition coefficient (Wildman–Crippen LogP) is 3.86. The van der Waals surface area contributed by atoms with Crippen molar-refractivity contribution in [3.8, 4) is 11.8 Å². The molecule has 4 nitrogen and oxygen atoms in total. The second kappa shape index (κ2) is 6.59. The average molecular weight is 318 g/mol. The maximum atomic E-state index is 12.4. The van der Waals surface area contributed by atoms with E-state index < -0.39 is 5.91 Å². The van der Waals surface area contributed by atoms with Gasteiger partial charge >= 0.3 is 0 Å². The van der Waals surface area contributed by atoms with Crippen molar-refractivity contribution in [2.24, 2.45) is 0 Å². The summed E-state index contributed by atoms with van der Waals surface area (Å²) in [6.07, 6.45) is 2.62. The Balaban J connectivity index is 1.83. The van der Waals surface area contributed by atoms with Gasteiger partial charge in [-0.2, -0.15) is 5.26 Å². The van der Waals surface area contributed by atoms with Crippen molar-refractivity contribution in [1.82, 2.24) is 0 Å². The number of amides is 1. The fourth-order valence-electron chi connectivity index (χ4n) is 2.75. The van der Waals surface area contributed by atoms with Crippen LogP contribution >= 0.6 is 0 Å².